The minimum absolute atomic E-state index is 0.342. The predicted molar refractivity (Wildman–Crippen MR) is 65.6 cm³/mol. The Morgan fingerprint density at radius 2 is 1.53 bits per heavy atom. The van der Waals surface area contributed by atoms with Gasteiger partial charge in [-0.15, -0.1) is 10.2 Å². The van der Waals surface area contributed by atoms with Gasteiger partial charge in [-0.2, -0.15) is 10.2 Å². The number of rotatable bonds is 1. The number of halogens is 1. The molecule has 4 nitrogen and oxygen atoms in total. The molecule has 0 amide bonds. The first-order valence-electron chi connectivity index (χ1n) is 5.04. The van der Waals surface area contributed by atoms with Gasteiger partial charge < -0.3 is 0 Å². The van der Waals surface area contributed by atoms with Gasteiger partial charge in [0, 0.05) is 16.3 Å². The van der Waals surface area contributed by atoms with Gasteiger partial charge in [0.05, 0.1) is 12.4 Å². The Hall–Kier alpha value is -2.07. The number of hydrogen-bond acceptors (Lipinski definition) is 4. The molecule has 2 aromatic heterocycles. The zero-order valence-corrected chi connectivity index (χ0v) is 9.46. The van der Waals surface area contributed by atoms with Crippen molar-refractivity contribution >= 4 is 22.4 Å². The summed E-state index contributed by atoms with van der Waals surface area (Å²) in [6.45, 7) is 0. The fraction of sp³-hybridized carbons (Fsp3) is 0. The molecule has 0 saturated heterocycles. The monoisotopic (exact) mass is 242 g/mol. The highest BCUT2D eigenvalue weighted by Crippen LogP contribution is 2.27. The van der Waals surface area contributed by atoms with Crippen molar-refractivity contribution in [2.45, 2.75) is 0 Å². The molecule has 2 heterocycles. The summed E-state index contributed by atoms with van der Waals surface area (Å²) < 4.78 is 0. The highest BCUT2D eigenvalue weighted by molar-refractivity contribution is 6.34. The maximum atomic E-state index is 5.98. The lowest BCUT2D eigenvalue weighted by atomic mass is 10.1. The summed E-state index contributed by atoms with van der Waals surface area (Å²) in [6.07, 6.45) is 3.25. The lowest BCUT2D eigenvalue weighted by Gasteiger charge is -2.04. The molecule has 0 unspecified atom stereocenters. The van der Waals surface area contributed by atoms with Crippen molar-refractivity contribution in [1.82, 2.24) is 20.4 Å². The van der Waals surface area contributed by atoms with Crippen LogP contribution in [-0.2, 0) is 0 Å². The standard InChI is InChI=1S/C12H7ClN4/c13-12-10-7-15-14-6-9(10)11(16-17-12)8-4-2-1-3-5-8/h1-7H. The second-order valence-electron chi connectivity index (χ2n) is 3.52. The fourth-order valence-corrected chi connectivity index (χ4v) is 1.87. The van der Waals surface area contributed by atoms with E-state index in [1.807, 2.05) is 30.3 Å². The van der Waals surface area contributed by atoms with Crippen molar-refractivity contribution in [2.75, 3.05) is 0 Å². The number of nitrogens with zero attached hydrogens (tertiary/aromatic N) is 4. The molecule has 0 fully saturated rings. The van der Waals surface area contributed by atoms with Crippen LogP contribution in [0, 0.1) is 0 Å². The maximum absolute atomic E-state index is 5.98. The molecule has 0 N–H and O–H groups in total. The van der Waals surface area contributed by atoms with E-state index < -0.39 is 0 Å². The number of benzene rings is 1. The predicted octanol–water partition coefficient (Wildman–Crippen LogP) is 2.74. The van der Waals surface area contributed by atoms with E-state index in [1.54, 1.807) is 12.4 Å². The van der Waals surface area contributed by atoms with Gasteiger partial charge in [0.25, 0.3) is 0 Å². The van der Waals surface area contributed by atoms with Gasteiger partial charge in [-0.25, -0.2) is 0 Å². The third-order valence-corrected chi connectivity index (χ3v) is 2.77. The summed E-state index contributed by atoms with van der Waals surface area (Å²) in [6, 6.07) is 9.79. The normalized spacial score (nSPS) is 10.6. The van der Waals surface area contributed by atoms with Crippen LogP contribution >= 0.6 is 11.6 Å². The van der Waals surface area contributed by atoms with Gasteiger partial charge >= 0.3 is 0 Å². The summed E-state index contributed by atoms with van der Waals surface area (Å²) in [5.74, 6) is 0. The Bertz CT molecular complexity index is 670. The van der Waals surface area contributed by atoms with E-state index in [9.17, 15) is 0 Å². The Morgan fingerprint density at radius 3 is 2.29 bits per heavy atom. The molecule has 5 heteroatoms. The molecule has 0 aliphatic carbocycles. The largest absolute Gasteiger partial charge is 0.161 e. The molecule has 3 rings (SSSR count). The molecular weight excluding hydrogens is 236 g/mol. The molecule has 0 radical (unpaired) electrons. The Labute approximate surface area is 102 Å². The first kappa shape index (κ1) is 10.1. The molecule has 0 bridgehead atoms. The van der Waals surface area contributed by atoms with Gasteiger partial charge in [-0.3, -0.25) is 0 Å². The van der Waals surface area contributed by atoms with Crippen molar-refractivity contribution < 1.29 is 0 Å². The number of hydrogen-bond donors (Lipinski definition) is 0. The maximum Gasteiger partial charge on any atom is 0.161 e. The van der Waals surface area contributed by atoms with Crippen molar-refractivity contribution in [2.24, 2.45) is 0 Å². The summed E-state index contributed by atoms with van der Waals surface area (Å²) >= 11 is 5.98. The minimum atomic E-state index is 0.342. The second-order valence-corrected chi connectivity index (χ2v) is 3.88. The average Bonchev–Trinajstić information content (AvgIpc) is 2.41. The lowest BCUT2D eigenvalue weighted by molar-refractivity contribution is 1.02. The number of fused-ring (bicyclic) bond motifs is 1. The van der Waals surface area contributed by atoms with Crippen molar-refractivity contribution in [1.29, 1.82) is 0 Å². The van der Waals surface area contributed by atoms with Crippen LogP contribution in [0.3, 0.4) is 0 Å². The van der Waals surface area contributed by atoms with Gasteiger partial charge in [0.15, 0.2) is 5.15 Å². The van der Waals surface area contributed by atoms with Crippen LogP contribution in [0.4, 0.5) is 0 Å². The second kappa shape index (κ2) is 4.07. The minimum Gasteiger partial charge on any atom is -0.158 e. The zero-order valence-electron chi connectivity index (χ0n) is 8.71. The fourth-order valence-electron chi connectivity index (χ4n) is 1.69. The molecule has 0 aliphatic rings. The topological polar surface area (TPSA) is 51.6 Å². The summed E-state index contributed by atoms with van der Waals surface area (Å²) in [7, 11) is 0. The van der Waals surface area contributed by atoms with Gasteiger partial charge in [0.1, 0.15) is 5.69 Å². The third-order valence-electron chi connectivity index (χ3n) is 2.49. The molecule has 82 valence electrons. The highest BCUT2D eigenvalue weighted by Gasteiger charge is 2.09. The van der Waals surface area contributed by atoms with Crippen LogP contribution in [0.25, 0.3) is 22.0 Å². The Balaban J connectivity index is 2.35. The van der Waals surface area contributed by atoms with Gasteiger partial charge in [-0.05, 0) is 0 Å². The van der Waals surface area contributed by atoms with Crippen LogP contribution in [0.5, 0.6) is 0 Å². The van der Waals surface area contributed by atoms with Crippen LogP contribution in [-0.4, -0.2) is 20.4 Å². The first-order chi connectivity index (χ1) is 8.36. The molecular formula is C12H7ClN4. The lowest BCUT2D eigenvalue weighted by Crippen LogP contribution is -1.93. The van der Waals surface area contributed by atoms with Crippen LogP contribution < -0.4 is 0 Å². The Morgan fingerprint density at radius 1 is 0.824 bits per heavy atom. The highest BCUT2D eigenvalue weighted by atomic mass is 35.5. The van der Waals surface area contributed by atoms with E-state index in [2.05, 4.69) is 20.4 Å². The number of aromatic nitrogens is 4. The molecule has 1 aromatic carbocycles. The van der Waals surface area contributed by atoms with Crippen molar-refractivity contribution in [3.05, 3.63) is 47.9 Å². The van der Waals surface area contributed by atoms with E-state index in [1.165, 1.54) is 0 Å². The molecule has 0 aliphatic heterocycles. The Kier molecular flexibility index (Phi) is 2.42. The first-order valence-corrected chi connectivity index (χ1v) is 5.42. The molecule has 3 aromatic rings. The molecule has 0 spiro atoms. The van der Waals surface area contributed by atoms with Crippen LogP contribution in [0.15, 0.2) is 42.7 Å². The van der Waals surface area contributed by atoms with Gasteiger partial charge in [0.2, 0.25) is 0 Å². The van der Waals surface area contributed by atoms with Crippen molar-refractivity contribution in [3.8, 4) is 11.3 Å². The third kappa shape index (κ3) is 1.72. The van der Waals surface area contributed by atoms with Crippen LogP contribution in [0.2, 0.25) is 5.15 Å². The zero-order chi connectivity index (χ0) is 11.7. The smallest absolute Gasteiger partial charge is 0.158 e. The van der Waals surface area contributed by atoms with E-state index >= 15 is 0 Å². The SMILES string of the molecule is Clc1nnc(-c2ccccc2)c2cnncc12. The summed E-state index contributed by atoms with van der Waals surface area (Å²) in [5, 5.41) is 17.7. The summed E-state index contributed by atoms with van der Waals surface area (Å²) in [4.78, 5) is 0. The molecule has 0 saturated carbocycles. The van der Waals surface area contributed by atoms with Crippen LogP contribution in [0.1, 0.15) is 0 Å². The molecule has 0 atom stereocenters. The van der Waals surface area contributed by atoms with E-state index in [4.69, 9.17) is 11.6 Å². The van der Waals surface area contributed by atoms with E-state index in [0.717, 1.165) is 22.0 Å². The summed E-state index contributed by atoms with van der Waals surface area (Å²) in [5.41, 5.74) is 1.74. The average molecular weight is 243 g/mol. The van der Waals surface area contributed by atoms with Gasteiger partial charge in [-0.1, -0.05) is 41.9 Å². The van der Waals surface area contributed by atoms with Crippen molar-refractivity contribution in [3.63, 3.8) is 0 Å². The quantitative estimate of drug-likeness (QED) is 0.658. The van der Waals surface area contributed by atoms with E-state index in [0.29, 0.717) is 5.15 Å². The molecule has 17 heavy (non-hydrogen) atoms. The van der Waals surface area contributed by atoms with E-state index in [-0.39, 0.29) is 0 Å².